The van der Waals surface area contributed by atoms with E-state index in [0.29, 0.717) is 11.3 Å². The van der Waals surface area contributed by atoms with Crippen LogP contribution in [0.15, 0.2) is 77.9 Å². The Labute approximate surface area is 220 Å². The molecule has 3 aromatic rings. The van der Waals surface area contributed by atoms with Gasteiger partial charge in [-0.3, -0.25) is 9.80 Å². The Morgan fingerprint density at radius 2 is 1.61 bits per heavy atom. The second kappa shape index (κ2) is 9.98. The first-order valence-electron chi connectivity index (χ1n) is 11.4. The molecule has 0 bridgehead atoms. The van der Waals surface area contributed by atoms with Gasteiger partial charge in [0.05, 0.1) is 33.8 Å². The lowest BCUT2D eigenvalue weighted by Gasteiger charge is -2.28. The zero-order chi connectivity index (χ0) is 27.9. The highest BCUT2D eigenvalue weighted by atomic mass is 35.5. The molecule has 1 atom stereocenters. The maximum absolute atomic E-state index is 13.3. The number of benzene rings is 3. The second-order valence-electron chi connectivity index (χ2n) is 9.16. The van der Waals surface area contributed by atoms with E-state index in [-0.39, 0.29) is 18.8 Å². The molecule has 200 valence electrons. The lowest BCUT2D eigenvalue weighted by molar-refractivity contribution is -0.138. The standard InChI is InChI=1S/C27H22ClF6N3O/c1-25(18-6-4-3-5-7-18)16-37(35-24(25)17-8-13-21(22(28)14-17)27(32,33)34)15-23(38)36(2)20-11-9-19(10-12-20)26(29,30)31/h3-14H,15-16H2,1-2H3. The van der Waals surface area contributed by atoms with Crippen molar-refractivity contribution in [2.45, 2.75) is 24.7 Å². The molecule has 0 aliphatic carbocycles. The number of carbonyl (C=O) groups excluding carboxylic acids is 1. The lowest BCUT2D eigenvalue weighted by Crippen LogP contribution is -2.40. The number of hydrogen-bond donors (Lipinski definition) is 0. The highest BCUT2D eigenvalue weighted by Crippen LogP contribution is 2.39. The summed E-state index contributed by atoms with van der Waals surface area (Å²) < 4.78 is 78.4. The van der Waals surface area contributed by atoms with Crippen molar-refractivity contribution in [3.05, 3.63) is 100 Å². The van der Waals surface area contributed by atoms with Crippen molar-refractivity contribution in [1.29, 1.82) is 0 Å². The third-order valence-electron chi connectivity index (χ3n) is 6.50. The molecule has 1 unspecified atom stereocenters. The molecule has 4 rings (SSSR count). The number of hydrazone groups is 1. The number of likely N-dealkylation sites (N-methyl/N-ethyl adjacent to an activating group) is 1. The van der Waals surface area contributed by atoms with Crippen LogP contribution in [0.4, 0.5) is 32.0 Å². The van der Waals surface area contributed by atoms with Crippen LogP contribution in [0.3, 0.4) is 0 Å². The summed E-state index contributed by atoms with van der Waals surface area (Å²) in [5.74, 6) is -0.435. The second-order valence-corrected chi connectivity index (χ2v) is 9.57. The van der Waals surface area contributed by atoms with Gasteiger partial charge >= 0.3 is 12.4 Å². The zero-order valence-electron chi connectivity index (χ0n) is 20.2. The molecule has 1 heterocycles. The van der Waals surface area contributed by atoms with E-state index in [1.807, 2.05) is 37.3 Å². The van der Waals surface area contributed by atoms with Gasteiger partial charge in [-0.25, -0.2) is 0 Å². The zero-order valence-corrected chi connectivity index (χ0v) is 21.0. The molecule has 1 aliphatic heterocycles. The molecule has 0 fully saturated rings. The maximum Gasteiger partial charge on any atom is 0.417 e. The number of halogens is 7. The molecule has 1 amide bonds. The molecule has 0 saturated carbocycles. The van der Waals surface area contributed by atoms with Crippen LogP contribution >= 0.6 is 11.6 Å². The Kier molecular flexibility index (Phi) is 7.22. The Balaban J connectivity index is 1.63. The van der Waals surface area contributed by atoms with Crippen LogP contribution < -0.4 is 4.90 Å². The van der Waals surface area contributed by atoms with Crippen LogP contribution in [0.2, 0.25) is 5.02 Å². The van der Waals surface area contributed by atoms with E-state index in [9.17, 15) is 31.1 Å². The number of carbonyl (C=O) groups is 1. The summed E-state index contributed by atoms with van der Waals surface area (Å²) in [6, 6.07) is 16.8. The fraction of sp³-hybridized carbons (Fsp3) is 0.259. The minimum absolute atomic E-state index is 0.211. The molecule has 4 nitrogen and oxygen atoms in total. The van der Waals surface area contributed by atoms with E-state index < -0.39 is 39.8 Å². The van der Waals surface area contributed by atoms with E-state index in [0.717, 1.165) is 23.8 Å². The lowest BCUT2D eigenvalue weighted by atomic mass is 9.76. The topological polar surface area (TPSA) is 35.9 Å². The SMILES string of the molecule is CN(C(=O)CN1CC(C)(c2ccccc2)C(c2ccc(C(F)(F)F)c(Cl)c2)=N1)c1ccc(C(F)(F)F)cc1. The van der Waals surface area contributed by atoms with E-state index >= 15 is 0 Å². The van der Waals surface area contributed by atoms with Gasteiger partial charge in [0.2, 0.25) is 5.91 Å². The third-order valence-corrected chi connectivity index (χ3v) is 6.81. The number of hydrogen-bond acceptors (Lipinski definition) is 3. The molecule has 0 N–H and O–H groups in total. The first-order chi connectivity index (χ1) is 17.7. The van der Waals surface area contributed by atoms with Crippen LogP contribution in [-0.2, 0) is 22.6 Å². The first-order valence-corrected chi connectivity index (χ1v) is 11.8. The fourth-order valence-electron chi connectivity index (χ4n) is 4.40. The Hall–Kier alpha value is -3.53. The van der Waals surface area contributed by atoms with Crippen LogP contribution in [0.5, 0.6) is 0 Å². The predicted octanol–water partition coefficient (Wildman–Crippen LogP) is 7.02. The van der Waals surface area contributed by atoms with Crippen LogP contribution in [0.25, 0.3) is 0 Å². The van der Waals surface area contributed by atoms with Crippen molar-refractivity contribution in [3.63, 3.8) is 0 Å². The summed E-state index contributed by atoms with van der Waals surface area (Å²) >= 11 is 5.98. The van der Waals surface area contributed by atoms with Crippen LogP contribution in [0.1, 0.15) is 29.2 Å². The molecule has 0 saturated heterocycles. The van der Waals surface area contributed by atoms with E-state index in [4.69, 9.17) is 11.6 Å². The molecule has 0 radical (unpaired) electrons. The average molecular weight is 554 g/mol. The van der Waals surface area contributed by atoms with E-state index in [1.54, 1.807) is 0 Å². The number of nitrogens with zero attached hydrogens (tertiary/aromatic N) is 3. The van der Waals surface area contributed by atoms with Gasteiger partial charge in [-0.15, -0.1) is 0 Å². The Morgan fingerprint density at radius 1 is 0.974 bits per heavy atom. The number of alkyl halides is 6. The average Bonchev–Trinajstić information content (AvgIpc) is 3.19. The monoisotopic (exact) mass is 553 g/mol. The van der Waals surface area contributed by atoms with E-state index in [2.05, 4.69) is 5.10 Å². The molecule has 3 aromatic carbocycles. The van der Waals surface area contributed by atoms with Crippen molar-refractivity contribution in [2.24, 2.45) is 5.10 Å². The summed E-state index contributed by atoms with van der Waals surface area (Å²) in [6.07, 6.45) is -9.11. The maximum atomic E-state index is 13.3. The molecular formula is C27H22ClF6N3O. The molecule has 0 aromatic heterocycles. The number of anilines is 1. The number of amides is 1. The number of rotatable bonds is 5. The molecular weight excluding hydrogens is 532 g/mol. The molecule has 38 heavy (non-hydrogen) atoms. The third kappa shape index (κ3) is 5.50. The summed E-state index contributed by atoms with van der Waals surface area (Å²) in [5.41, 5.74) is -0.674. The summed E-state index contributed by atoms with van der Waals surface area (Å²) in [4.78, 5) is 14.3. The van der Waals surface area contributed by atoms with Crippen LogP contribution in [0, 0.1) is 0 Å². The molecule has 0 spiro atoms. The van der Waals surface area contributed by atoms with Crippen molar-refractivity contribution >= 4 is 28.9 Å². The smallest absolute Gasteiger partial charge is 0.314 e. The highest BCUT2D eigenvalue weighted by molar-refractivity contribution is 6.32. The normalized spacial score (nSPS) is 17.9. The van der Waals surface area contributed by atoms with Gasteiger partial charge in [0.25, 0.3) is 0 Å². The molecule has 11 heteroatoms. The van der Waals surface area contributed by atoms with Crippen LogP contribution in [-0.4, -0.2) is 36.8 Å². The van der Waals surface area contributed by atoms with Gasteiger partial charge in [0, 0.05) is 18.3 Å². The van der Waals surface area contributed by atoms with Gasteiger partial charge in [0.1, 0.15) is 6.54 Å². The van der Waals surface area contributed by atoms with Crippen molar-refractivity contribution in [3.8, 4) is 0 Å². The van der Waals surface area contributed by atoms with Gasteiger partial charge in [-0.1, -0.05) is 48.0 Å². The van der Waals surface area contributed by atoms with Gasteiger partial charge in [-0.2, -0.15) is 31.4 Å². The largest absolute Gasteiger partial charge is 0.417 e. The van der Waals surface area contributed by atoms with Gasteiger partial charge in [-0.05, 0) is 48.9 Å². The van der Waals surface area contributed by atoms with E-state index in [1.165, 1.54) is 41.2 Å². The fourth-order valence-corrected chi connectivity index (χ4v) is 4.69. The molecule has 1 aliphatic rings. The van der Waals surface area contributed by atoms with Gasteiger partial charge in [0.15, 0.2) is 0 Å². The Morgan fingerprint density at radius 3 is 2.16 bits per heavy atom. The minimum Gasteiger partial charge on any atom is -0.314 e. The minimum atomic E-state index is -4.61. The quantitative estimate of drug-likeness (QED) is 0.318. The Bertz CT molecular complexity index is 1360. The highest BCUT2D eigenvalue weighted by Gasteiger charge is 2.42. The van der Waals surface area contributed by atoms with Crippen molar-refractivity contribution in [2.75, 3.05) is 25.0 Å². The van der Waals surface area contributed by atoms with Gasteiger partial charge < -0.3 is 4.90 Å². The summed E-state index contributed by atoms with van der Waals surface area (Å²) in [5, 5.41) is 5.63. The first kappa shape index (κ1) is 27.5. The van der Waals surface area contributed by atoms with Crippen molar-refractivity contribution in [1.82, 2.24) is 5.01 Å². The predicted molar refractivity (Wildman–Crippen MR) is 133 cm³/mol. The summed E-state index contributed by atoms with van der Waals surface area (Å²) in [6.45, 7) is 1.90. The summed E-state index contributed by atoms with van der Waals surface area (Å²) in [7, 11) is 1.44. The van der Waals surface area contributed by atoms with Crippen molar-refractivity contribution < 1.29 is 31.1 Å².